The standard InChI is InChI=1S/C13H14N2O/c1-8-5-3-4-6-10(8)12-7-11(13(14)16)9(2)15-12/h3-7,15H,1-2H3,(H2,14,16). The molecule has 1 heterocycles. The summed E-state index contributed by atoms with van der Waals surface area (Å²) in [4.78, 5) is 14.3. The van der Waals surface area contributed by atoms with Crippen LogP contribution in [0.15, 0.2) is 30.3 Å². The van der Waals surface area contributed by atoms with Crippen molar-refractivity contribution < 1.29 is 4.79 Å². The zero-order valence-corrected chi connectivity index (χ0v) is 9.37. The summed E-state index contributed by atoms with van der Waals surface area (Å²) >= 11 is 0. The lowest BCUT2D eigenvalue weighted by Gasteiger charge is -2.01. The van der Waals surface area contributed by atoms with Crippen LogP contribution in [0.1, 0.15) is 21.6 Å². The van der Waals surface area contributed by atoms with Crippen molar-refractivity contribution >= 4 is 5.91 Å². The van der Waals surface area contributed by atoms with E-state index in [2.05, 4.69) is 4.98 Å². The second-order valence-corrected chi connectivity index (χ2v) is 3.90. The van der Waals surface area contributed by atoms with E-state index in [0.717, 1.165) is 17.0 Å². The van der Waals surface area contributed by atoms with Gasteiger partial charge >= 0.3 is 0 Å². The summed E-state index contributed by atoms with van der Waals surface area (Å²) in [6.07, 6.45) is 0. The van der Waals surface area contributed by atoms with Gasteiger partial charge in [0.05, 0.1) is 5.56 Å². The third-order valence-electron chi connectivity index (χ3n) is 2.72. The quantitative estimate of drug-likeness (QED) is 0.792. The van der Waals surface area contributed by atoms with Crippen molar-refractivity contribution in [2.45, 2.75) is 13.8 Å². The Hall–Kier alpha value is -2.03. The maximum absolute atomic E-state index is 11.2. The Morgan fingerprint density at radius 2 is 1.94 bits per heavy atom. The van der Waals surface area contributed by atoms with Crippen LogP contribution in [0, 0.1) is 13.8 Å². The smallest absolute Gasteiger partial charge is 0.250 e. The van der Waals surface area contributed by atoms with E-state index in [1.165, 1.54) is 5.56 Å². The van der Waals surface area contributed by atoms with Crippen molar-refractivity contribution in [2.75, 3.05) is 0 Å². The largest absolute Gasteiger partial charge is 0.366 e. The minimum atomic E-state index is -0.395. The molecule has 1 aromatic carbocycles. The molecule has 2 aromatic rings. The zero-order valence-electron chi connectivity index (χ0n) is 9.37. The maximum atomic E-state index is 11.2. The molecule has 0 saturated heterocycles. The molecule has 0 fully saturated rings. The number of nitrogens with two attached hydrogens (primary N) is 1. The predicted octanol–water partition coefficient (Wildman–Crippen LogP) is 2.40. The van der Waals surface area contributed by atoms with Crippen molar-refractivity contribution in [3.8, 4) is 11.3 Å². The number of aromatic amines is 1. The number of aryl methyl sites for hydroxylation is 2. The Bertz CT molecular complexity index is 541. The molecule has 3 nitrogen and oxygen atoms in total. The van der Waals surface area contributed by atoms with Crippen LogP contribution in [0.3, 0.4) is 0 Å². The molecule has 0 radical (unpaired) electrons. The van der Waals surface area contributed by atoms with E-state index in [0.29, 0.717) is 5.56 Å². The van der Waals surface area contributed by atoms with Gasteiger partial charge in [0.15, 0.2) is 0 Å². The van der Waals surface area contributed by atoms with Crippen LogP contribution in [0.5, 0.6) is 0 Å². The molecule has 1 amide bonds. The van der Waals surface area contributed by atoms with E-state index in [9.17, 15) is 4.79 Å². The number of hydrogen-bond donors (Lipinski definition) is 2. The molecule has 82 valence electrons. The van der Waals surface area contributed by atoms with Crippen LogP contribution in [-0.2, 0) is 0 Å². The number of carbonyl (C=O) groups excluding carboxylic acids is 1. The van der Waals surface area contributed by atoms with Gasteiger partial charge < -0.3 is 10.7 Å². The topological polar surface area (TPSA) is 58.9 Å². The van der Waals surface area contributed by atoms with E-state index in [-0.39, 0.29) is 0 Å². The lowest BCUT2D eigenvalue weighted by molar-refractivity contribution is 0.1000. The average Bonchev–Trinajstić information content (AvgIpc) is 2.61. The Balaban J connectivity index is 2.54. The zero-order chi connectivity index (χ0) is 11.7. The number of carbonyl (C=O) groups is 1. The monoisotopic (exact) mass is 214 g/mol. The van der Waals surface area contributed by atoms with Gasteiger partial charge in [-0.15, -0.1) is 0 Å². The number of rotatable bonds is 2. The van der Waals surface area contributed by atoms with Gasteiger partial charge in [-0.05, 0) is 25.5 Å². The summed E-state index contributed by atoms with van der Waals surface area (Å²) in [6, 6.07) is 9.83. The van der Waals surface area contributed by atoms with Crippen LogP contribution in [0.2, 0.25) is 0 Å². The fourth-order valence-electron chi connectivity index (χ4n) is 1.83. The van der Waals surface area contributed by atoms with Gasteiger partial charge in [0.2, 0.25) is 0 Å². The normalized spacial score (nSPS) is 10.4. The molecule has 1 aromatic heterocycles. The predicted molar refractivity (Wildman–Crippen MR) is 64.2 cm³/mol. The van der Waals surface area contributed by atoms with E-state index in [1.54, 1.807) is 6.07 Å². The highest BCUT2D eigenvalue weighted by Gasteiger charge is 2.11. The second kappa shape index (κ2) is 3.85. The highest BCUT2D eigenvalue weighted by Crippen LogP contribution is 2.24. The van der Waals surface area contributed by atoms with Gasteiger partial charge in [-0.1, -0.05) is 24.3 Å². The first-order valence-electron chi connectivity index (χ1n) is 5.15. The van der Waals surface area contributed by atoms with Crippen molar-refractivity contribution in [2.24, 2.45) is 5.73 Å². The number of H-pyrrole nitrogens is 1. The van der Waals surface area contributed by atoms with Crippen molar-refractivity contribution in [1.82, 2.24) is 4.98 Å². The highest BCUT2D eigenvalue weighted by atomic mass is 16.1. The lowest BCUT2D eigenvalue weighted by atomic mass is 10.1. The molecule has 3 N–H and O–H groups in total. The lowest BCUT2D eigenvalue weighted by Crippen LogP contribution is -2.10. The molecule has 16 heavy (non-hydrogen) atoms. The minimum absolute atomic E-state index is 0.395. The number of aromatic nitrogens is 1. The molecule has 0 spiro atoms. The Kier molecular flexibility index (Phi) is 2.52. The van der Waals surface area contributed by atoms with Gasteiger partial charge in [-0.25, -0.2) is 0 Å². The first-order chi connectivity index (χ1) is 7.59. The molecule has 0 bridgehead atoms. The van der Waals surface area contributed by atoms with Crippen molar-refractivity contribution in [3.05, 3.63) is 47.2 Å². The molecule has 0 saturated carbocycles. The van der Waals surface area contributed by atoms with Gasteiger partial charge in [-0.2, -0.15) is 0 Å². The third-order valence-corrected chi connectivity index (χ3v) is 2.72. The van der Waals surface area contributed by atoms with Crippen LogP contribution in [0.4, 0.5) is 0 Å². The maximum Gasteiger partial charge on any atom is 0.250 e. The molecule has 0 aliphatic rings. The van der Waals surface area contributed by atoms with Crippen LogP contribution < -0.4 is 5.73 Å². The van der Waals surface area contributed by atoms with E-state index in [4.69, 9.17) is 5.73 Å². The van der Waals surface area contributed by atoms with Crippen molar-refractivity contribution in [1.29, 1.82) is 0 Å². The molecule has 3 heteroatoms. The number of hydrogen-bond acceptors (Lipinski definition) is 1. The molecular formula is C13H14N2O. The summed E-state index contributed by atoms with van der Waals surface area (Å²) in [5.74, 6) is -0.395. The summed E-state index contributed by atoms with van der Waals surface area (Å²) < 4.78 is 0. The van der Waals surface area contributed by atoms with Gasteiger partial charge in [-0.3, -0.25) is 4.79 Å². The fraction of sp³-hybridized carbons (Fsp3) is 0.154. The number of benzene rings is 1. The molecular weight excluding hydrogens is 200 g/mol. The summed E-state index contributed by atoms with van der Waals surface area (Å²) in [7, 11) is 0. The fourth-order valence-corrected chi connectivity index (χ4v) is 1.83. The number of primary amides is 1. The van der Waals surface area contributed by atoms with Gasteiger partial charge in [0, 0.05) is 17.0 Å². The van der Waals surface area contributed by atoms with Gasteiger partial charge in [0.1, 0.15) is 0 Å². The first kappa shape index (κ1) is 10.5. The molecule has 0 unspecified atom stereocenters. The minimum Gasteiger partial charge on any atom is -0.366 e. The van der Waals surface area contributed by atoms with Gasteiger partial charge in [0.25, 0.3) is 5.91 Å². The molecule has 2 rings (SSSR count). The SMILES string of the molecule is Cc1ccccc1-c1cc(C(N)=O)c(C)[nH]1. The van der Waals surface area contributed by atoms with Crippen molar-refractivity contribution in [3.63, 3.8) is 0 Å². The molecule has 0 atom stereocenters. The first-order valence-corrected chi connectivity index (χ1v) is 5.15. The molecule has 0 aliphatic carbocycles. The molecule has 0 aliphatic heterocycles. The van der Waals surface area contributed by atoms with E-state index >= 15 is 0 Å². The van der Waals surface area contributed by atoms with E-state index in [1.807, 2.05) is 38.1 Å². The van der Waals surface area contributed by atoms with Crippen LogP contribution in [0.25, 0.3) is 11.3 Å². The Morgan fingerprint density at radius 3 is 2.50 bits per heavy atom. The average molecular weight is 214 g/mol. The number of nitrogens with one attached hydrogen (secondary N) is 1. The summed E-state index contributed by atoms with van der Waals surface area (Å²) in [6.45, 7) is 3.89. The third kappa shape index (κ3) is 1.72. The Morgan fingerprint density at radius 1 is 1.25 bits per heavy atom. The van der Waals surface area contributed by atoms with E-state index < -0.39 is 5.91 Å². The summed E-state index contributed by atoms with van der Waals surface area (Å²) in [5.41, 5.74) is 9.85. The highest BCUT2D eigenvalue weighted by molar-refractivity contribution is 5.95. The second-order valence-electron chi connectivity index (χ2n) is 3.90. The Labute approximate surface area is 94.3 Å². The van der Waals surface area contributed by atoms with Crippen LogP contribution in [-0.4, -0.2) is 10.9 Å². The summed E-state index contributed by atoms with van der Waals surface area (Å²) in [5, 5.41) is 0. The number of amides is 1. The van der Waals surface area contributed by atoms with Crippen LogP contribution >= 0.6 is 0 Å².